The van der Waals surface area contributed by atoms with E-state index in [-0.39, 0.29) is 17.7 Å². The molecule has 1 heterocycles. The quantitative estimate of drug-likeness (QED) is 0.663. The first kappa shape index (κ1) is 20.1. The van der Waals surface area contributed by atoms with Gasteiger partial charge in [0.2, 0.25) is 5.91 Å². The van der Waals surface area contributed by atoms with E-state index in [1.165, 1.54) is 43.4 Å². The monoisotopic (exact) mass is 396 g/mol. The lowest BCUT2D eigenvalue weighted by Gasteiger charge is -2.42. The van der Waals surface area contributed by atoms with Crippen LogP contribution in [-0.4, -0.2) is 46.1 Å². The van der Waals surface area contributed by atoms with Gasteiger partial charge in [-0.25, -0.2) is 0 Å². The van der Waals surface area contributed by atoms with Gasteiger partial charge in [-0.2, -0.15) is 0 Å². The van der Waals surface area contributed by atoms with Crippen LogP contribution in [0.15, 0.2) is 24.3 Å². The Balaban J connectivity index is 1.37. The molecule has 0 unspecified atom stereocenters. The molecule has 1 aliphatic heterocycles. The van der Waals surface area contributed by atoms with Crippen LogP contribution < -0.4 is 0 Å². The van der Waals surface area contributed by atoms with Crippen LogP contribution >= 0.6 is 0 Å². The largest absolute Gasteiger partial charge is 0.337 e. The Bertz CT molecular complexity index is 710. The van der Waals surface area contributed by atoms with Crippen LogP contribution in [0.5, 0.6) is 0 Å². The Morgan fingerprint density at radius 3 is 1.79 bits per heavy atom. The van der Waals surface area contributed by atoms with Crippen molar-refractivity contribution in [3.05, 3.63) is 35.4 Å². The molecule has 2 saturated carbocycles. The lowest BCUT2D eigenvalue weighted by molar-refractivity contribution is -0.138. The molecule has 3 amide bonds. The molecule has 4 rings (SSSR count). The maximum Gasteiger partial charge on any atom is 0.261 e. The van der Waals surface area contributed by atoms with Crippen LogP contribution in [0.25, 0.3) is 0 Å². The first-order valence-electron chi connectivity index (χ1n) is 11.4. The predicted octanol–water partition coefficient (Wildman–Crippen LogP) is 4.56. The second-order valence-corrected chi connectivity index (χ2v) is 8.80. The smallest absolute Gasteiger partial charge is 0.261 e. The lowest BCUT2D eigenvalue weighted by atomic mass is 9.88. The Hall–Kier alpha value is -2.17. The number of rotatable bonds is 6. The zero-order valence-electron chi connectivity index (χ0n) is 17.3. The molecule has 0 radical (unpaired) electrons. The minimum Gasteiger partial charge on any atom is -0.337 e. The highest BCUT2D eigenvalue weighted by molar-refractivity contribution is 6.21. The third-order valence-electron chi connectivity index (χ3n) is 6.87. The summed E-state index contributed by atoms with van der Waals surface area (Å²) in [5, 5.41) is 0. The second kappa shape index (κ2) is 9.10. The van der Waals surface area contributed by atoms with Crippen LogP contribution in [0, 0.1) is 0 Å². The highest BCUT2D eigenvalue weighted by Gasteiger charge is 2.36. The van der Waals surface area contributed by atoms with Gasteiger partial charge in [-0.1, -0.05) is 50.7 Å². The first-order chi connectivity index (χ1) is 14.2. The van der Waals surface area contributed by atoms with Crippen LogP contribution in [-0.2, 0) is 4.79 Å². The fraction of sp³-hybridized carbons (Fsp3) is 0.625. The van der Waals surface area contributed by atoms with Crippen molar-refractivity contribution in [1.82, 2.24) is 9.80 Å². The van der Waals surface area contributed by atoms with Crippen LogP contribution in [0.4, 0.5) is 0 Å². The maximum absolute atomic E-state index is 13.2. The predicted molar refractivity (Wildman–Crippen MR) is 112 cm³/mol. The van der Waals surface area contributed by atoms with Gasteiger partial charge in [0, 0.05) is 25.0 Å². The van der Waals surface area contributed by atoms with E-state index in [1.54, 1.807) is 24.3 Å². The fourth-order valence-electron chi connectivity index (χ4n) is 5.38. The van der Waals surface area contributed by atoms with E-state index >= 15 is 0 Å². The summed E-state index contributed by atoms with van der Waals surface area (Å²) in [5.74, 6) is -0.232. The molecule has 2 aliphatic carbocycles. The standard InChI is InChI=1S/C24H32N2O3/c27-22(26(18-10-3-1-4-11-18)19-12-5-2-6-13-19)16-9-17-25-23(28)20-14-7-8-15-21(20)24(25)29/h7-8,14-15,18-19H,1-6,9-13,16-17H2. The second-order valence-electron chi connectivity index (χ2n) is 8.80. The third kappa shape index (κ3) is 4.24. The maximum atomic E-state index is 13.2. The van der Waals surface area contributed by atoms with E-state index < -0.39 is 0 Å². The topological polar surface area (TPSA) is 57.7 Å². The Kier molecular flexibility index (Phi) is 6.31. The van der Waals surface area contributed by atoms with Crippen LogP contribution in [0.1, 0.15) is 97.8 Å². The van der Waals surface area contributed by atoms with Crippen molar-refractivity contribution in [2.24, 2.45) is 0 Å². The van der Waals surface area contributed by atoms with Crippen molar-refractivity contribution in [1.29, 1.82) is 0 Å². The highest BCUT2D eigenvalue weighted by Crippen LogP contribution is 2.31. The number of carbonyl (C=O) groups excluding carboxylic acids is 3. The number of fused-ring (bicyclic) bond motifs is 1. The van der Waals surface area contributed by atoms with Gasteiger partial charge in [0.1, 0.15) is 0 Å². The van der Waals surface area contributed by atoms with Crippen molar-refractivity contribution in [2.75, 3.05) is 6.54 Å². The number of amides is 3. The van der Waals surface area contributed by atoms with Gasteiger partial charge in [0.15, 0.2) is 0 Å². The molecule has 3 aliphatic rings. The van der Waals surface area contributed by atoms with E-state index in [0.717, 1.165) is 25.7 Å². The molecule has 0 saturated heterocycles. The van der Waals surface area contributed by atoms with Crippen molar-refractivity contribution in [3.8, 4) is 0 Å². The third-order valence-corrected chi connectivity index (χ3v) is 6.87. The Morgan fingerprint density at radius 2 is 1.31 bits per heavy atom. The van der Waals surface area contributed by atoms with Gasteiger partial charge >= 0.3 is 0 Å². The number of nitrogens with zero attached hydrogens (tertiary/aromatic N) is 2. The van der Waals surface area contributed by atoms with Gasteiger partial charge in [-0.05, 0) is 44.2 Å². The Labute approximate surface area is 173 Å². The van der Waals surface area contributed by atoms with Crippen LogP contribution in [0.2, 0.25) is 0 Å². The molecule has 0 N–H and O–H groups in total. The summed E-state index contributed by atoms with van der Waals surface area (Å²) in [6, 6.07) is 7.74. The van der Waals surface area contributed by atoms with Gasteiger partial charge in [-0.3, -0.25) is 19.3 Å². The average molecular weight is 397 g/mol. The minimum atomic E-state index is -0.227. The molecule has 29 heavy (non-hydrogen) atoms. The SMILES string of the molecule is O=C1c2ccccc2C(=O)N1CCCC(=O)N(C1CCCCC1)C1CCCCC1. The number of imide groups is 1. The molecule has 156 valence electrons. The van der Waals surface area contributed by atoms with Crippen molar-refractivity contribution in [2.45, 2.75) is 89.1 Å². The van der Waals surface area contributed by atoms with Crippen LogP contribution in [0.3, 0.4) is 0 Å². The molecule has 0 aromatic heterocycles. The van der Waals surface area contributed by atoms with Crippen molar-refractivity contribution < 1.29 is 14.4 Å². The molecule has 5 nitrogen and oxygen atoms in total. The number of hydrogen-bond donors (Lipinski definition) is 0. The summed E-state index contributed by atoms with van der Waals surface area (Å²) in [4.78, 5) is 41.8. The zero-order valence-corrected chi connectivity index (χ0v) is 17.3. The number of carbonyl (C=O) groups is 3. The molecule has 0 atom stereocenters. The zero-order chi connectivity index (χ0) is 20.2. The Morgan fingerprint density at radius 1 is 0.828 bits per heavy atom. The summed E-state index contributed by atoms with van der Waals surface area (Å²) < 4.78 is 0. The van der Waals surface area contributed by atoms with Gasteiger partial charge in [0.25, 0.3) is 11.8 Å². The summed E-state index contributed by atoms with van der Waals surface area (Å²) in [7, 11) is 0. The van der Waals surface area contributed by atoms with E-state index in [1.807, 2.05) is 0 Å². The number of benzene rings is 1. The molecular formula is C24H32N2O3. The van der Waals surface area contributed by atoms with E-state index in [2.05, 4.69) is 4.90 Å². The number of hydrogen-bond acceptors (Lipinski definition) is 3. The average Bonchev–Trinajstić information content (AvgIpc) is 3.01. The summed E-state index contributed by atoms with van der Waals surface area (Å²) in [6.45, 7) is 0.321. The van der Waals surface area contributed by atoms with Gasteiger partial charge in [-0.15, -0.1) is 0 Å². The summed E-state index contributed by atoms with van der Waals surface area (Å²) in [6.07, 6.45) is 12.9. The van der Waals surface area contributed by atoms with Gasteiger partial charge < -0.3 is 4.90 Å². The van der Waals surface area contributed by atoms with E-state index in [4.69, 9.17) is 0 Å². The molecule has 5 heteroatoms. The summed E-state index contributed by atoms with van der Waals surface area (Å²) in [5.41, 5.74) is 0.963. The lowest BCUT2D eigenvalue weighted by Crippen LogP contribution is -2.48. The molecule has 1 aromatic rings. The summed E-state index contributed by atoms with van der Waals surface area (Å²) >= 11 is 0. The molecule has 0 bridgehead atoms. The molecule has 2 fully saturated rings. The fourth-order valence-corrected chi connectivity index (χ4v) is 5.38. The van der Waals surface area contributed by atoms with Gasteiger partial charge in [0.05, 0.1) is 11.1 Å². The molecular weight excluding hydrogens is 364 g/mol. The minimum absolute atomic E-state index is 0.223. The van der Waals surface area contributed by atoms with E-state index in [0.29, 0.717) is 42.6 Å². The van der Waals surface area contributed by atoms with Crippen molar-refractivity contribution >= 4 is 17.7 Å². The molecule has 1 aromatic carbocycles. The molecule has 0 spiro atoms. The normalized spacial score (nSPS) is 20.8. The first-order valence-corrected chi connectivity index (χ1v) is 11.4. The van der Waals surface area contributed by atoms with E-state index in [9.17, 15) is 14.4 Å². The van der Waals surface area contributed by atoms with Crippen molar-refractivity contribution in [3.63, 3.8) is 0 Å². The highest BCUT2D eigenvalue weighted by atomic mass is 16.2.